The molecule has 17 heavy (non-hydrogen) atoms. The third-order valence-electron chi connectivity index (χ3n) is 2.16. The summed E-state index contributed by atoms with van der Waals surface area (Å²) < 4.78 is 0. The van der Waals surface area contributed by atoms with Crippen LogP contribution in [0.3, 0.4) is 0 Å². The van der Waals surface area contributed by atoms with E-state index >= 15 is 0 Å². The highest BCUT2D eigenvalue weighted by molar-refractivity contribution is 5.94. The molecule has 0 bridgehead atoms. The molecule has 0 aliphatic carbocycles. The Bertz CT molecular complexity index is 522. The largest absolute Gasteiger partial charge is 0.397 e. The van der Waals surface area contributed by atoms with E-state index in [1.54, 1.807) is 12.1 Å². The second-order valence-electron chi connectivity index (χ2n) is 3.35. The molecule has 0 radical (unpaired) electrons. The van der Waals surface area contributed by atoms with Crippen LogP contribution >= 0.6 is 0 Å². The maximum Gasteiger partial charge on any atom is 0.248 e. The maximum atomic E-state index is 10.9. The number of hydrogen-bond acceptors (Lipinski definition) is 6. The Morgan fingerprint density at radius 2 is 2.29 bits per heavy atom. The van der Waals surface area contributed by atoms with Crippen molar-refractivity contribution in [3.8, 4) is 0 Å². The number of nitrogens with zero attached hydrogens (tertiary/aromatic N) is 3. The summed E-state index contributed by atoms with van der Waals surface area (Å²) in [6, 6.07) is 4.79. The number of primary amides is 1. The Kier molecular flexibility index (Phi) is 2.86. The molecule has 8 heteroatoms. The number of aromatic amines is 1. The highest BCUT2D eigenvalue weighted by atomic mass is 16.1. The normalized spacial score (nSPS) is 10.1. The van der Waals surface area contributed by atoms with E-state index in [1.165, 1.54) is 6.07 Å². The van der Waals surface area contributed by atoms with Crippen molar-refractivity contribution in [1.82, 2.24) is 20.6 Å². The summed E-state index contributed by atoms with van der Waals surface area (Å²) in [4.78, 5) is 10.9. The predicted octanol–water partition coefficient (Wildman–Crippen LogP) is -0.507. The first-order chi connectivity index (χ1) is 8.16. The van der Waals surface area contributed by atoms with Gasteiger partial charge in [-0.2, -0.15) is 5.21 Å². The van der Waals surface area contributed by atoms with Crippen molar-refractivity contribution in [3.05, 3.63) is 29.6 Å². The molecule has 8 nitrogen and oxygen atoms in total. The monoisotopic (exact) mass is 233 g/mol. The van der Waals surface area contributed by atoms with Gasteiger partial charge in [0.05, 0.1) is 17.9 Å². The van der Waals surface area contributed by atoms with Gasteiger partial charge in [0, 0.05) is 5.56 Å². The number of aromatic nitrogens is 4. The van der Waals surface area contributed by atoms with Crippen LogP contribution in [-0.2, 0) is 6.54 Å². The van der Waals surface area contributed by atoms with Crippen LogP contribution in [0.5, 0.6) is 0 Å². The Labute approximate surface area is 96.4 Å². The first-order valence-corrected chi connectivity index (χ1v) is 4.82. The van der Waals surface area contributed by atoms with E-state index in [0.717, 1.165) is 0 Å². The summed E-state index contributed by atoms with van der Waals surface area (Å²) in [6.07, 6.45) is 0. The molecule has 2 rings (SSSR count). The van der Waals surface area contributed by atoms with Gasteiger partial charge in [0.1, 0.15) is 0 Å². The molecule has 0 aliphatic rings. The van der Waals surface area contributed by atoms with E-state index < -0.39 is 5.91 Å². The first kappa shape index (κ1) is 10.9. The van der Waals surface area contributed by atoms with Crippen LogP contribution in [-0.4, -0.2) is 26.5 Å². The SMILES string of the molecule is NC(=O)c1ccc(NCc2nn[nH]n2)c(N)c1. The van der Waals surface area contributed by atoms with Crippen molar-refractivity contribution >= 4 is 17.3 Å². The highest BCUT2D eigenvalue weighted by Crippen LogP contribution is 2.19. The van der Waals surface area contributed by atoms with Gasteiger partial charge < -0.3 is 16.8 Å². The second-order valence-corrected chi connectivity index (χ2v) is 3.35. The number of nitrogen functional groups attached to an aromatic ring is 1. The number of amides is 1. The minimum absolute atomic E-state index is 0.368. The molecule has 0 saturated heterocycles. The molecule has 1 aromatic heterocycles. The number of hydrogen-bond donors (Lipinski definition) is 4. The van der Waals surface area contributed by atoms with Gasteiger partial charge in [0.15, 0.2) is 5.82 Å². The Morgan fingerprint density at radius 1 is 1.47 bits per heavy atom. The Hall–Kier alpha value is -2.64. The van der Waals surface area contributed by atoms with Gasteiger partial charge in [-0.05, 0) is 18.2 Å². The highest BCUT2D eigenvalue weighted by Gasteiger charge is 2.05. The Morgan fingerprint density at radius 3 is 2.88 bits per heavy atom. The average molecular weight is 233 g/mol. The summed E-state index contributed by atoms with van der Waals surface area (Å²) in [5.41, 5.74) is 12.4. The van der Waals surface area contributed by atoms with Gasteiger partial charge in [-0.25, -0.2) is 0 Å². The number of rotatable bonds is 4. The number of anilines is 2. The molecule has 0 unspecified atom stereocenters. The van der Waals surface area contributed by atoms with E-state index in [4.69, 9.17) is 11.5 Å². The predicted molar refractivity (Wildman–Crippen MR) is 60.9 cm³/mol. The Balaban J connectivity index is 2.09. The molecular formula is C9H11N7O. The number of nitrogens with one attached hydrogen (secondary N) is 2. The third kappa shape index (κ3) is 2.48. The van der Waals surface area contributed by atoms with Crippen LogP contribution in [0.1, 0.15) is 16.2 Å². The lowest BCUT2D eigenvalue weighted by Crippen LogP contribution is -2.12. The van der Waals surface area contributed by atoms with Gasteiger partial charge >= 0.3 is 0 Å². The van der Waals surface area contributed by atoms with Crippen molar-refractivity contribution < 1.29 is 4.79 Å². The molecule has 0 spiro atoms. The molecule has 0 saturated carbocycles. The van der Waals surface area contributed by atoms with Crippen molar-refractivity contribution in [2.75, 3.05) is 11.1 Å². The number of H-pyrrole nitrogens is 1. The number of tetrazole rings is 1. The quantitative estimate of drug-likeness (QED) is 0.525. The number of nitrogens with two attached hydrogens (primary N) is 2. The van der Waals surface area contributed by atoms with Crippen LogP contribution < -0.4 is 16.8 Å². The molecule has 1 aromatic carbocycles. The van der Waals surface area contributed by atoms with E-state index in [2.05, 4.69) is 25.9 Å². The van der Waals surface area contributed by atoms with Crippen LogP contribution in [0.4, 0.5) is 11.4 Å². The molecule has 1 amide bonds. The summed E-state index contributed by atoms with van der Waals surface area (Å²) >= 11 is 0. The van der Waals surface area contributed by atoms with E-state index in [0.29, 0.717) is 29.3 Å². The molecule has 0 atom stereocenters. The summed E-state index contributed by atoms with van der Waals surface area (Å²) in [7, 11) is 0. The van der Waals surface area contributed by atoms with Crippen LogP contribution in [0.25, 0.3) is 0 Å². The van der Waals surface area contributed by atoms with Crippen LogP contribution in [0.15, 0.2) is 18.2 Å². The fourth-order valence-corrected chi connectivity index (χ4v) is 1.31. The van der Waals surface area contributed by atoms with Crippen LogP contribution in [0.2, 0.25) is 0 Å². The lowest BCUT2D eigenvalue weighted by molar-refractivity contribution is 0.100. The summed E-state index contributed by atoms with van der Waals surface area (Å²) in [5, 5.41) is 16.4. The first-order valence-electron chi connectivity index (χ1n) is 4.82. The topological polar surface area (TPSA) is 136 Å². The smallest absolute Gasteiger partial charge is 0.248 e. The van der Waals surface area contributed by atoms with Gasteiger partial charge in [-0.15, -0.1) is 10.2 Å². The zero-order chi connectivity index (χ0) is 12.3. The van der Waals surface area contributed by atoms with Crippen molar-refractivity contribution in [1.29, 1.82) is 0 Å². The minimum atomic E-state index is -0.513. The van der Waals surface area contributed by atoms with E-state index in [-0.39, 0.29) is 0 Å². The van der Waals surface area contributed by atoms with Gasteiger partial charge in [-0.1, -0.05) is 5.21 Å². The van der Waals surface area contributed by atoms with Crippen LogP contribution in [0, 0.1) is 0 Å². The molecule has 6 N–H and O–H groups in total. The van der Waals surface area contributed by atoms with Gasteiger partial charge in [0.25, 0.3) is 0 Å². The number of carbonyl (C=O) groups excluding carboxylic acids is 1. The molecule has 88 valence electrons. The molecule has 0 aliphatic heterocycles. The average Bonchev–Trinajstić information content (AvgIpc) is 2.80. The van der Waals surface area contributed by atoms with Crippen molar-refractivity contribution in [2.45, 2.75) is 6.54 Å². The van der Waals surface area contributed by atoms with Gasteiger partial charge in [0.2, 0.25) is 5.91 Å². The van der Waals surface area contributed by atoms with E-state index in [1.807, 2.05) is 0 Å². The third-order valence-corrected chi connectivity index (χ3v) is 2.16. The summed E-state index contributed by atoms with van der Waals surface area (Å²) in [6.45, 7) is 0.386. The molecule has 2 aromatic rings. The standard InChI is InChI=1S/C9H11N7O/c10-6-3-5(9(11)17)1-2-7(6)12-4-8-13-15-16-14-8/h1-3,12H,4,10H2,(H2,11,17)(H,13,14,15,16). The zero-order valence-electron chi connectivity index (χ0n) is 8.84. The zero-order valence-corrected chi connectivity index (χ0v) is 8.84. The molecule has 0 fully saturated rings. The summed E-state index contributed by atoms with van der Waals surface area (Å²) in [5.74, 6) is 0.00444. The minimum Gasteiger partial charge on any atom is -0.397 e. The second kappa shape index (κ2) is 4.47. The van der Waals surface area contributed by atoms with E-state index in [9.17, 15) is 4.79 Å². The molecular weight excluding hydrogens is 222 g/mol. The van der Waals surface area contributed by atoms with Crippen molar-refractivity contribution in [3.63, 3.8) is 0 Å². The fraction of sp³-hybridized carbons (Fsp3) is 0.111. The van der Waals surface area contributed by atoms with Crippen molar-refractivity contribution in [2.24, 2.45) is 5.73 Å². The lowest BCUT2D eigenvalue weighted by Gasteiger charge is -2.08. The maximum absolute atomic E-state index is 10.9. The molecule has 1 heterocycles. The number of benzene rings is 1. The lowest BCUT2D eigenvalue weighted by atomic mass is 10.1. The number of carbonyl (C=O) groups is 1. The van der Waals surface area contributed by atoms with Gasteiger partial charge in [-0.3, -0.25) is 4.79 Å². The fourth-order valence-electron chi connectivity index (χ4n) is 1.31.